The second kappa shape index (κ2) is 8.05. The van der Waals surface area contributed by atoms with E-state index in [4.69, 9.17) is 0 Å². The normalized spacial score (nSPS) is 11.8. The first-order chi connectivity index (χ1) is 13.7. The highest BCUT2D eigenvalue weighted by molar-refractivity contribution is 5.71. The zero-order chi connectivity index (χ0) is 19.3. The molecule has 2 aromatic carbocycles. The van der Waals surface area contributed by atoms with Crippen LogP contribution in [0.1, 0.15) is 24.1 Å². The first-order valence-electron chi connectivity index (χ1n) is 9.49. The molecule has 0 amide bonds. The van der Waals surface area contributed by atoms with Gasteiger partial charge in [-0.1, -0.05) is 54.1 Å². The maximum atomic E-state index is 4.34. The lowest BCUT2D eigenvalue weighted by molar-refractivity contribution is 0.772. The van der Waals surface area contributed by atoms with E-state index in [1.54, 1.807) is 12.4 Å². The van der Waals surface area contributed by atoms with E-state index in [0.29, 0.717) is 0 Å². The second-order valence-corrected chi connectivity index (χ2v) is 6.93. The topological polar surface area (TPSA) is 29.0 Å². The van der Waals surface area contributed by atoms with Crippen LogP contribution in [0.15, 0.2) is 97.6 Å². The molecule has 28 heavy (non-hydrogen) atoms. The fourth-order valence-electron chi connectivity index (χ4n) is 3.66. The highest BCUT2D eigenvalue weighted by Crippen LogP contribution is 2.38. The summed E-state index contributed by atoms with van der Waals surface area (Å²) in [6.45, 7) is 4.36. The Morgan fingerprint density at radius 2 is 1.43 bits per heavy atom. The van der Waals surface area contributed by atoms with Gasteiger partial charge in [-0.25, -0.2) is 0 Å². The van der Waals surface area contributed by atoms with Crippen LogP contribution >= 0.6 is 0 Å². The third-order valence-corrected chi connectivity index (χ3v) is 4.98. The number of nitrogens with zero attached hydrogens (tertiary/aromatic N) is 3. The number of aromatic nitrogens is 2. The van der Waals surface area contributed by atoms with Crippen molar-refractivity contribution in [2.45, 2.75) is 19.9 Å². The smallest absolute Gasteiger partial charge is 0.0603 e. The largest absolute Gasteiger partial charge is 0.332 e. The van der Waals surface area contributed by atoms with E-state index in [9.17, 15) is 0 Å². The van der Waals surface area contributed by atoms with E-state index < -0.39 is 0 Å². The SMILES string of the molecule is Cc1cccc(-c2ccccc2C(C)N(c2cccnc2)c2cccnc2)c1. The Bertz CT molecular complexity index is 1010. The van der Waals surface area contributed by atoms with Gasteiger partial charge in [0.2, 0.25) is 0 Å². The molecule has 1 unspecified atom stereocenters. The lowest BCUT2D eigenvalue weighted by Crippen LogP contribution is -2.22. The van der Waals surface area contributed by atoms with Crippen molar-refractivity contribution in [3.05, 3.63) is 109 Å². The Balaban J connectivity index is 1.84. The summed E-state index contributed by atoms with van der Waals surface area (Å²) in [6.07, 6.45) is 7.41. The second-order valence-electron chi connectivity index (χ2n) is 6.93. The van der Waals surface area contributed by atoms with Crippen molar-refractivity contribution in [2.75, 3.05) is 4.90 Å². The molecule has 0 aliphatic heterocycles. The van der Waals surface area contributed by atoms with Gasteiger partial charge in [0.1, 0.15) is 0 Å². The average molecular weight is 365 g/mol. The Kier molecular flexibility index (Phi) is 5.16. The minimum atomic E-state index is 0.102. The summed E-state index contributed by atoms with van der Waals surface area (Å²) >= 11 is 0. The predicted molar refractivity (Wildman–Crippen MR) is 116 cm³/mol. The molecule has 3 nitrogen and oxygen atoms in total. The molecule has 0 saturated heterocycles. The van der Waals surface area contributed by atoms with Crippen molar-refractivity contribution in [1.82, 2.24) is 9.97 Å². The van der Waals surface area contributed by atoms with E-state index in [2.05, 4.69) is 89.4 Å². The van der Waals surface area contributed by atoms with Gasteiger partial charge in [0.25, 0.3) is 0 Å². The fourth-order valence-corrected chi connectivity index (χ4v) is 3.66. The van der Waals surface area contributed by atoms with Gasteiger partial charge in [0.15, 0.2) is 0 Å². The summed E-state index contributed by atoms with van der Waals surface area (Å²) in [5.41, 5.74) is 7.09. The molecule has 1 atom stereocenters. The molecular formula is C25H23N3. The summed E-state index contributed by atoms with van der Waals surface area (Å²) < 4.78 is 0. The minimum Gasteiger partial charge on any atom is -0.332 e. The first kappa shape index (κ1) is 17.9. The van der Waals surface area contributed by atoms with Crippen LogP contribution in [0, 0.1) is 6.92 Å². The van der Waals surface area contributed by atoms with Crippen molar-refractivity contribution in [1.29, 1.82) is 0 Å². The third kappa shape index (κ3) is 3.65. The van der Waals surface area contributed by atoms with Crippen molar-refractivity contribution in [3.8, 4) is 11.1 Å². The molecule has 0 N–H and O–H groups in total. The quantitative estimate of drug-likeness (QED) is 0.412. The van der Waals surface area contributed by atoms with E-state index in [-0.39, 0.29) is 6.04 Å². The van der Waals surface area contributed by atoms with Crippen LogP contribution in [0.4, 0.5) is 11.4 Å². The van der Waals surface area contributed by atoms with E-state index >= 15 is 0 Å². The standard InChI is InChI=1S/C25H23N3/c1-19-8-5-9-21(16-19)25-13-4-3-12-24(25)20(2)28(22-10-6-14-26-17-22)23-11-7-15-27-18-23/h3-18,20H,1-2H3. The lowest BCUT2D eigenvalue weighted by Gasteiger charge is -2.32. The number of hydrogen-bond acceptors (Lipinski definition) is 3. The summed E-state index contributed by atoms with van der Waals surface area (Å²) in [5, 5.41) is 0. The third-order valence-electron chi connectivity index (χ3n) is 4.98. The van der Waals surface area contributed by atoms with Crippen molar-refractivity contribution in [2.24, 2.45) is 0 Å². The molecule has 0 saturated carbocycles. The monoisotopic (exact) mass is 365 g/mol. The molecule has 0 spiro atoms. The number of benzene rings is 2. The van der Waals surface area contributed by atoms with E-state index in [1.165, 1.54) is 22.3 Å². The van der Waals surface area contributed by atoms with Crippen LogP contribution in [-0.2, 0) is 0 Å². The Morgan fingerprint density at radius 1 is 0.750 bits per heavy atom. The highest BCUT2D eigenvalue weighted by Gasteiger charge is 2.21. The number of rotatable bonds is 5. The van der Waals surface area contributed by atoms with Crippen LogP contribution in [0.25, 0.3) is 11.1 Å². The van der Waals surface area contributed by atoms with Crippen LogP contribution in [0.3, 0.4) is 0 Å². The first-order valence-corrected chi connectivity index (χ1v) is 9.49. The van der Waals surface area contributed by atoms with Crippen LogP contribution in [-0.4, -0.2) is 9.97 Å². The maximum absolute atomic E-state index is 4.34. The van der Waals surface area contributed by atoms with Crippen molar-refractivity contribution < 1.29 is 0 Å². The zero-order valence-corrected chi connectivity index (χ0v) is 16.2. The van der Waals surface area contributed by atoms with Crippen molar-refractivity contribution >= 4 is 11.4 Å². The molecule has 0 aliphatic carbocycles. The van der Waals surface area contributed by atoms with Gasteiger partial charge in [0, 0.05) is 12.4 Å². The van der Waals surface area contributed by atoms with Gasteiger partial charge >= 0.3 is 0 Å². The summed E-state index contributed by atoms with van der Waals surface area (Å²) in [4.78, 5) is 11.0. The lowest BCUT2D eigenvalue weighted by atomic mass is 9.93. The van der Waals surface area contributed by atoms with Crippen molar-refractivity contribution in [3.63, 3.8) is 0 Å². The van der Waals surface area contributed by atoms with Gasteiger partial charge in [-0.05, 0) is 54.8 Å². The molecule has 0 aliphatic rings. The number of anilines is 2. The molecular weight excluding hydrogens is 342 g/mol. The Labute approximate surface area is 166 Å². The molecule has 4 aromatic rings. The molecule has 0 bridgehead atoms. The summed E-state index contributed by atoms with van der Waals surface area (Å²) in [7, 11) is 0. The van der Waals surface area contributed by atoms with E-state index in [1.807, 2.05) is 24.5 Å². The van der Waals surface area contributed by atoms with Gasteiger partial charge in [-0.3, -0.25) is 9.97 Å². The molecule has 4 rings (SSSR count). The zero-order valence-electron chi connectivity index (χ0n) is 16.2. The molecule has 2 heterocycles. The van der Waals surface area contributed by atoms with Gasteiger partial charge < -0.3 is 4.90 Å². The molecule has 0 fully saturated rings. The van der Waals surface area contributed by atoms with Gasteiger partial charge in [0.05, 0.1) is 29.8 Å². The predicted octanol–water partition coefficient (Wildman–Crippen LogP) is 6.35. The Hall–Kier alpha value is -3.46. The Morgan fingerprint density at radius 3 is 2.04 bits per heavy atom. The highest BCUT2D eigenvalue weighted by atomic mass is 15.2. The molecule has 3 heteroatoms. The number of aryl methyl sites for hydroxylation is 1. The summed E-state index contributed by atoms with van der Waals surface area (Å²) in [6, 6.07) is 25.5. The van der Waals surface area contributed by atoms with Crippen LogP contribution in [0.2, 0.25) is 0 Å². The van der Waals surface area contributed by atoms with Gasteiger partial charge in [-0.15, -0.1) is 0 Å². The average Bonchev–Trinajstić information content (AvgIpc) is 2.75. The van der Waals surface area contributed by atoms with Gasteiger partial charge in [-0.2, -0.15) is 0 Å². The van der Waals surface area contributed by atoms with E-state index in [0.717, 1.165) is 11.4 Å². The van der Waals surface area contributed by atoms with Crippen LogP contribution in [0.5, 0.6) is 0 Å². The van der Waals surface area contributed by atoms with Crippen LogP contribution < -0.4 is 4.90 Å². The number of pyridine rings is 2. The maximum Gasteiger partial charge on any atom is 0.0603 e. The molecule has 2 aromatic heterocycles. The summed E-state index contributed by atoms with van der Waals surface area (Å²) in [5.74, 6) is 0. The molecule has 138 valence electrons. The minimum absolute atomic E-state index is 0.102. The number of hydrogen-bond donors (Lipinski definition) is 0. The fraction of sp³-hybridized carbons (Fsp3) is 0.120. The molecule has 0 radical (unpaired) electrons.